The van der Waals surface area contributed by atoms with Crippen LogP contribution in [-0.4, -0.2) is 16.3 Å². The first-order chi connectivity index (χ1) is 13.9. The third-order valence-corrected chi connectivity index (χ3v) is 6.22. The molecule has 1 heterocycles. The summed E-state index contributed by atoms with van der Waals surface area (Å²) in [5.41, 5.74) is 13.2. The smallest absolute Gasteiger partial charge is 0.0682 e. The Balaban J connectivity index is 1.82. The number of anilines is 2. The van der Waals surface area contributed by atoms with Crippen LogP contribution in [0.25, 0.3) is 10.9 Å². The second kappa shape index (κ2) is 7.82. The number of nitrogens with two attached hydrogens (primary N) is 1. The second-order valence-electron chi connectivity index (χ2n) is 9.97. The molecule has 2 aromatic carbocycles. The Labute approximate surface area is 181 Å². The molecule has 0 aliphatic carbocycles. The zero-order chi connectivity index (χ0) is 22.3. The molecular formula is C26H36N4. The molecule has 30 heavy (non-hydrogen) atoms. The van der Waals surface area contributed by atoms with Gasteiger partial charge < -0.3 is 10.6 Å². The van der Waals surface area contributed by atoms with Crippen molar-refractivity contribution in [1.29, 1.82) is 0 Å². The SMILES string of the molecule is C=CN(CCC(C)(C)c1ccc2c(c1)c(C)nn2C)c1ccc(C(C)(C)C)cc1N. The minimum absolute atomic E-state index is 0.0117. The van der Waals surface area contributed by atoms with Crippen molar-refractivity contribution in [2.45, 2.75) is 58.8 Å². The molecule has 3 rings (SSSR count). The highest BCUT2D eigenvalue weighted by molar-refractivity contribution is 5.82. The maximum atomic E-state index is 6.43. The van der Waals surface area contributed by atoms with Crippen molar-refractivity contribution in [3.05, 3.63) is 66.0 Å². The summed E-state index contributed by atoms with van der Waals surface area (Å²) in [7, 11) is 2.00. The van der Waals surface area contributed by atoms with Crippen molar-refractivity contribution >= 4 is 22.3 Å². The Morgan fingerprint density at radius 2 is 1.73 bits per heavy atom. The summed E-state index contributed by atoms with van der Waals surface area (Å²) in [6.07, 6.45) is 2.86. The molecule has 0 saturated carbocycles. The highest BCUT2D eigenvalue weighted by atomic mass is 15.3. The molecule has 0 unspecified atom stereocenters. The normalized spacial score (nSPS) is 12.4. The van der Waals surface area contributed by atoms with Crippen LogP contribution >= 0.6 is 0 Å². The van der Waals surface area contributed by atoms with Crippen LogP contribution < -0.4 is 10.6 Å². The lowest BCUT2D eigenvalue weighted by Gasteiger charge is -2.30. The minimum Gasteiger partial charge on any atom is -0.397 e. The van der Waals surface area contributed by atoms with E-state index in [1.807, 2.05) is 17.9 Å². The fourth-order valence-corrected chi connectivity index (χ4v) is 4.00. The lowest BCUT2D eigenvalue weighted by Crippen LogP contribution is -2.27. The number of aryl methyl sites for hydroxylation is 2. The molecule has 0 amide bonds. The van der Waals surface area contributed by atoms with Gasteiger partial charge in [0, 0.05) is 19.0 Å². The van der Waals surface area contributed by atoms with E-state index in [0.717, 1.165) is 30.0 Å². The zero-order valence-corrected chi connectivity index (χ0v) is 19.6. The van der Waals surface area contributed by atoms with Crippen LogP contribution in [-0.2, 0) is 17.9 Å². The van der Waals surface area contributed by atoms with E-state index < -0.39 is 0 Å². The van der Waals surface area contributed by atoms with Gasteiger partial charge in [0.2, 0.25) is 0 Å². The van der Waals surface area contributed by atoms with Crippen molar-refractivity contribution in [3.8, 4) is 0 Å². The van der Waals surface area contributed by atoms with E-state index in [9.17, 15) is 0 Å². The van der Waals surface area contributed by atoms with Gasteiger partial charge >= 0.3 is 0 Å². The van der Waals surface area contributed by atoms with Crippen LogP contribution in [0.15, 0.2) is 49.2 Å². The van der Waals surface area contributed by atoms with E-state index in [0.29, 0.717) is 0 Å². The molecule has 0 aliphatic rings. The van der Waals surface area contributed by atoms with E-state index in [-0.39, 0.29) is 10.8 Å². The first-order valence-electron chi connectivity index (χ1n) is 10.7. The number of benzene rings is 2. The van der Waals surface area contributed by atoms with Crippen molar-refractivity contribution in [1.82, 2.24) is 9.78 Å². The Hall–Kier alpha value is -2.75. The fraction of sp³-hybridized carbons (Fsp3) is 0.423. The summed E-state index contributed by atoms with van der Waals surface area (Å²) in [6.45, 7) is 18.2. The molecule has 2 N–H and O–H groups in total. The van der Waals surface area contributed by atoms with Gasteiger partial charge in [0.1, 0.15) is 0 Å². The summed E-state index contributed by atoms with van der Waals surface area (Å²) in [5.74, 6) is 0. The molecule has 0 bridgehead atoms. The zero-order valence-electron chi connectivity index (χ0n) is 19.6. The summed E-state index contributed by atoms with van der Waals surface area (Å²) < 4.78 is 1.95. The molecule has 4 heteroatoms. The fourth-order valence-electron chi connectivity index (χ4n) is 4.00. The number of fused-ring (bicyclic) bond motifs is 1. The molecule has 0 saturated heterocycles. The average Bonchev–Trinajstić information content (AvgIpc) is 2.96. The molecule has 3 aromatic rings. The average molecular weight is 405 g/mol. The summed E-state index contributed by atoms with van der Waals surface area (Å²) in [5, 5.41) is 5.78. The third-order valence-electron chi connectivity index (χ3n) is 6.22. The predicted octanol–water partition coefficient (Wildman–Crippen LogP) is 6.08. The van der Waals surface area contributed by atoms with Crippen molar-refractivity contribution in [3.63, 3.8) is 0 Å². The lowest BCUT2D eigenvalue weighted by atomic mass is 9.81. The molecule has 0 fully saturated rings. The Bertz CT molecular complexity index is 1070. The van der Waals surface area contributed by atoms with E-state index >= 15 is 0 Å². The highest BCUT2D eigenvalue weighted by Crippen LogP contribution is 2.34. The van der Waals surface area contributed by atoms with Gasteiger partial charge in [-0.2, -0.15) is 5.10 Å². The van der Waals surface area contributed by atoms with Gasteiger partial charge in [-0.25, -0.2) is 0 Å². The first-order valence-corrected chi connectivity index (χ1v) is 10.7. The molecule has 0 aliphatic heterocycles. The molecule has 0 spiro atoms. The molecule has 4 nitrogen and oxygen atoms in total. The second-order valence-corrected chi connectivity index (χ2v) is 9.97. The number of nitrogens with zero attached hydrogens (tertiary/aromatic N) is 3. The summed E-state index contributed by atoms with van der Waals surface area (Å²) >= 11 is 0. The maximum Gasteiger partial charge on any atom is 0.0682 e. The van der Waals surface area contributed by atoms with Crippen molar-refractivity contribution in [2.75, 3.05) is 17.2 Å². The molecule has 0 radical (unpaired) electrons. The van der Waals surface area contributed by atoms with Crippen molar-refractivity contribution in [2.24, 2.45) is 7.05 Å². The number of nitrogen functional groups attached to an aromatic ring is 1. The topological polar surface area (TPSA) is 47.1 Å². The molecule has 1 aromatic heterocycles. The number of aromatic nitrogens is 2. The van der Waals surface area contributed by atoms with E-state index in [1.54, 1.807) is 0 Å². The van der Waals surface area contributed by atoms with E-state index in [4.69, 9.17) is 5.73 Å². The number of rotatable bonds is 6. The standard InChI is InChI=1S/C26H36N4/c1-9-30(24-13-10-19(17-22(24)27)25(3,4)5)15-14-26(6,7)20-11-12-23-21(16-20)18(2)28-29(23)8/h9-13,16-17H,1,14-15,27H2,2-8H3. The van der Waals surface area contributed by atoms with Gasteiger partial charge in [-0.05, 0) is 65.8 Å². The monoisotopic (exact) mass is 404 g/mol. The highest BCUT2D eigenvalue weighted by Gasteiger charge is 2.23. The van der Waals surface area contributed by atoms with E-state index in [2.05, 4.69) is 94.5 Å². The van der Waals surface area contributed by atoms with Crippen LogP contribution in [0.2, 0.25) is 0 Å². The number of hydrogen-bond acceptors (Lipinski definition) is 3. The summed E-state index contributed by atoms with van der Waals surface area (Å²) in [6, 6.07) is 13.1. The first kappa shape index (κ1) is 21.9. The maximum absolute atomic E-state index is 6.43. The summed E-state index contributed by atoms with van der Waals surface area (Å²) in [4.78, 5) is 2.16. The minimum atomic E-state index is 0.0117. The van der Waals surface area contributed by atoms with Gasteiger partial charge in [0.25, 0.3) is 0 Å². The lowest BCUT2D eigenvalue weighted by molar-refractivity contribution is 0.485. The van der Waals surface area contributed by atoms with Gasteiger partial charge in [0.05, 0.1) is 22.6 Å². The number of hydrogen-bond donors (Lipinski definition) is 1. The Morgan fingerprint density at radius 1 is 1.07 bits per heavy atom. The van der Waals surface area contributed by atoms with Gasteiger partial charge in [0.15, 0.2) is 0 Å². The van der Waals surface area contributed by atoms with Crippen LogP contribution in [0.4, 0.5) is 11.4 Å². The Morgan fingerprint density at radius 3 is 2.33 bits per heavy atom. The quantitative estimate of drug-likeness (QED) is 0.507. The van der Waals surface area contributed by atoms with Crippen LogP contribution in [0.5, 0.6) is 0 Å². The van der Waals surface area contributed by atoms with E-state index in [1.165, 1.54) is 22.0 Å². The molecule has 160 valence electrons. The van der Waals surface area contributed by atoms with Gasteiger partial charge in [-0.1, -0.05) is 53.3 Å². The van der Waals surface area contributed by atoms with Gasteiger partial charge in [-0.3, -0.25) is 4.68 Å². The predicted molar refractivity (Wildman–Crippen MR) is 130 cm³/mol. The molecular weight excluding hydrogens is 368 g/mol. The van der Waals surface area contributed by atoms with Crippen LogP contribution in [0, 0.1) is 6.92 Å². The molecule has 0 atom stereocenters. The van der Waals surface area contributed by atoms with Crippen LogP contribution in [0.1, 0.15) is 57.9 Å². The van der Waals surface area contributed by atoms with Gasteiger partial charge in [-0.15, -0.1) is 0 Å². The third kappa shape index (κ3) is 4.23. The largest absolute Gasteiger partial charge is 0.397 e. The van der Waals surface area contributed by atoms with Crippen LogP contribution in [0.3, 0.4) is 0 Å². The Kier molecular flexibility index (Phi) is 5.72. The van der Waals surface area contributed by atoms with Crippen molar-refractivity contribution < 1.29 is 0 Å².